The highest BCUT2D eigenvalue weighted by atomic mass is 35.5. The summed E-state index contributed by atoms with van der Waals surface area (Å²) in [6.07, 6.45) is 2.12. The molecule has 2 rings (SSSR count). The van der Waals surface area contributed by atoms with E-state index in [0.29, 0.717) is 30.3 Å². The van der Waals surface area contributed by atoms with Gasteiger partial charge in [-0.3, -0.25) is 9.59 Å². The van der Waals surface area contributed by atoms with Crippen molar-refractivity contribution in [1.82, 2.24) is 10.2 Å². The molecule has 1 aromatic rings. The summed E-state index contributed by atoms with van der Waals surface area (Å²) >= 11 is 5.81. The molecule has 1 fully saturated rings. The summed E-state index contributed by atoms with van der Waals surface area (Å²) in [7, 11) is 0. The van der Waals surface area contributed by atoms with E-state index in [-0.39, 0.29) is 29.9 Å². The Kier molecular flexibility index (Phi) is 6.71. The largest absolute Gasteiger partial charge is 0.484 e. The number of nitrogens with one attached hydrogen (secondary N) is 1. The van der Waals surface area contributed by atoms with Gasteiger partial charge < -0.3 is 15.0 Å². The highest BCUT2D eigenvalue weighted by Crippen LogP contribution is 2.21. The first-order valence-corrected chi connectivity index (χ1v) is 9.06. The van der Waals surface area contributed by atoms with Gasteiger partial charge in [0.15, 0.2) is 6.61 Å². The second-order valence-electron chi connectivity index (χ2n) is 7.70. The van der Waals surface area contributed by atoms with Gasteiger partial charge in [-0.15, -0.1) is 0 Å². The summed E-state index contributed by atoms with van der Waals surface area (Å²) in [6, 6.07) is 7.00. The fraction of sp³-hybridized carbons (Fsp3) is 0.579. The zero-order chi connectivity index (χ0) is 18.4. The smallest absolute Gasteiger partial charge is 0.258 e. The highest BCUT2D eigenvalue weighted by molar-refractivity contribution is 6.30. The lowest BCUT2D eigenvalue weighted by Crippen LogP contribution is -2.48. The van der Waals surface area contributed by atoms with Crippen LogP contribution in [-0.4, -0.2) is 42.5 Å². The molecular weight excluding hydrogens is 340 g/mol. The van der Waals surface area contributed by atoms with Gasteiger partial charge in [0.1, 0.15) is 5.75 Å². The molecule has 6 heteroatoms. The SMILES string of the molecule is CC(C)(C)CC(=O)N1CCC(NC(=O)COc2ccc(Cl)cc2)CC1. The number of piperidine rings is 1. The number of amides is 2. The molecule has 2 amide bonds. The summed E-state index contributed by atoms with van der Waals surface area (Å²) < 4.78 is 5.44. The van der Waals surface area contributed by atoms with Gasteiger partial charge in [0.2, 0.25) is 5.91 Å². The Morgan fingerprint density at radius 1 is 1.20 bits per heavy atom. The summed E-state index contributed by atoms with van der Waals surface area (Å²) in [6.45, 7) is 7.57. The number of hydrogen-bond donors (Lipinski definition) is 1. The third-order valence-electron chi connectivity index (χ3n) is 4.08. The van der Waals surface area contributed by atoms with Crippen molar-refractivity contribution in [2.75, 3.05) is 19.7 Å². The normalized spacial score (nSPS) is 15.8. The van der Waals surface area contributed by atoms with Crippen LogP contribution in [0.4, 0.5) is 0 Å². The van der Waals surface area contributed by atoms with E-state index in [9.17, 15) is 9.59 Å². The van der Waals surface area contributed by atoms with E-state index in [0.717, 1.165) is 12.8 Å². The van der Waals surface area contributed by atoms with Gasteiger partial charge in [0.25, 0.3) is 5.91 Å². The van der Waals surface area contributed by atoms with Crippen molar-refractivity contribution in [3.63, 3.8) is 0 Å². The lowest BCUT2D eigenvalue weighted by molar-refractivity contribution is -0.134. The minimum Gasteiger partial charge on any atom is -0.484 e. The maximum absolute atomic E-state index is 12.2. The van der Waals surface area contributed by atoms with E-state index >= 15 is 0 Å². The Hall–Kier alpha value is -1.75. The van der Waals surface area contributed by atoms with Crippen LogP contribution >= 0.6 is 11.6 Å². The molecule has 0 aromatic heterocycles. The van der Waals surface area contributed by atoms with E-state index < -0.39 is 0 Å². The van der Waals surface area contributed by atoms with Gasteiger partial charge >= 0.3 is 0 Å². The molecule has 1 N–H and O–H groups in total. The average Bonchev–Trinajstić information content (AvgIpc) is 2.53. The number of halogens is 1. The maximum atomic E-state index is 12.2. The molecule has 0 radical (unpaired) electrons. The van der Waals surface area contributed by atoms with Crippen LogP contribution in [0.15, 0.2) is 24.3 Å². The Bertz CT molecular complexity index is 588. The zero-order valence-corrected chi connectivity index (χ0v) is 15.9. The number of likely N-dealkylation sites (tertiary alicyclic amines) is 1. The molecule has 0 bridgehead atoms. The molecule has 1 aliphatic heterocycles. The number of ether oxygens (including phenoxy) is 1. The molecule has 5 nitrogen and oxygen atoms in total. The van der Waals surface area contributed by atoms with Crippen LogP contribution in [0.5, 0.6) is 5.75 Å². The van der Waals surface area contributed by atoms with Gasteiger partial charge in [-0.25, -0.2) is 0 Å². The fourth-order valence-corrected chi connectivity index (χ4v) is 2.91. The van der Waals surface area contributed by atoms with Crippen LogP contribution in [0.2, 0.25) is 5.02 Å². The van der Waals surface area contributed by atoms with Crippen LogP contribution in [0.25, 0.3) is 0 Å². The molecule has 1 heterocycles. The number of hydrogen-bond acceptors (Lipinski definition) is 3. The zero-order valence-electron chi connectivity index (χ0n) is 15.2. The van der Waals surface area contributed by atoms with E-state index in [1.165, 1.54) is 0 Å². The Labute approximate surface area is 154 Å². The van der Waals surface area contributed by atoms with E-state index in [2.05, 4.69) is 26.1 Å². The second-order valence-corrected chi connectivity index (χ2v) is 8.14. The first-order valence-electron chi connectivity index (χ1n) is 8.68. The standard InChI is InChI=1S/C19H27ClN2O3/c1-19(2,3)12-18(24)22-10-8-15(9-11-22)21-17(23)13-25-16-6-4-14(20)5-7-16/h4-7,15H,8-13H2,1-3H3,(H,21,23). The van der Waals surface area contributed by atoms with Crippen LogP contribution in [-0.2, 0) is 9.59 Å². The predicted octanol–water partition coefficient (Wildman–Crippen LogP) is 3.26. The third-order valence-corrected chi connectivity index (χ3v) is 4.33. The summed E-state index contributed by atoms with van der Waals surface area (Å²) in [5, 5.41) is 3.61. The van der Waals surface area contributed by atoms with Crippen molar-refractivity contribution < 1.29 is 14.3 Å². The first kappa shape index (κ1) is 19.6. The van der Waals surface area contributed by atoms with Gasteiger partial charge in [-0.2, -0.15) is 0 Å². The maximum Gasteiger partial charge on any atom is 0.258 e. The highest BCUT2D eigenvalue weighted by Gasteiger charge is 2.26. The summed E-state index contributed by atoms with van der Waals surface area (Å²) in [5.41, 5.74) is 0.00114. The number of carbonyl (C=O) groups excluding carboxylic acids is 2. The van der Waals surface area contributed by atoms with Gasteiger partial charge in [0, 0.05) is 30.6 Å². The summed E-state index contributed by atoms with van der Waals surface area (Å²) in [5.74, 6) is 0.667. The molecule has 25 heavy (non-hydrogen) atoms. The van der Waals surface area contributed by atoms with Crippen LogP contribution in [0.3, 0.4) is 0 Å². The minimum atomic E-state index is -0.144. The number of nitrogens with zero attached hydrogens (tertiary/aromatic N) is 1. The van der Waals surface area contributed by atoms with Gasteiger partial charge in [0.05, 0.1) is 0 Å². The van der Waals surface area contributed by atoms with Crippen molar-refractivity contribution in [2.45, 2.75) is 46.1 Å². The fourth-order valence-electron chi connectivity index (χ4n) is 2.79. The van der Waals surface area contributed by atoms with E-state index in [4.69, 9.17) is 16.3 Å². The lowest BCUT2D eigenvalue weighted by Gasteiger charge is -2.34. The summed E-state index contributed by atoms with van der Waals surface area (Å²) in [4.78, 5) is 26.1. The number of carbonyl (C=O) groups is 2. The number of benzene rings is 1. The Balaban J connectivity index is 1.69. The molecule has 0 atom stereocenters. The molecular formula is C19H27ClN2O3. The topological polar surface area (TPSA) is 58.6 Å². The van der Waals surface area contributed by atoms with Crippen molar-refractivity contribution in [2.24, 2.45) is 5.41 Å². The van der Waals surface area contributed by atoms with Crippen molar-refractivity contribution >= 4 is 23.4 Å². The van der Waals surface area contributed by atoms with E-state index in [1.807, 2.05) is 4.90 Å². The quantitative estimate of drug-likeness (QED) is 0.870. The third kappa shape index (κ3) is 6.94. The molecule has 1 aliphatic rings. The first-order chi connectivity index (χ1) is 11.7. The minimum absolute atomic E-state index is 0.00114. The van der Waals surface area contributed by atoms with Crippen molar-refractivity contribution in [1.29, 1.82) is 0 Å². The second kappa shape index (κ2) is 8.56. The molecule has 0 spiro atoms. The Morgan fingerprint density at radius 3 is 2.36 bits per heavy atom. The molecule has 1 saturated heterocycles. The molecule has 1 aromatic carbocycles. The predicted molar refractivity (Wildman–Crippen MR) is 98.8 cm³/mol. The van der Waals surface area contributed by atoms with Crippen LogP contribution in [0, 0.1) is 5.41 Å². The van der Waals surface area contributed by atoms with Crippen molar-refractivity contribution in [3.05, 3.63) is 29.3 Å². The molecule has 0 aliphatic carbocycles. The van der Waals surface area contributed by atoms with Gasteiger partial charge in [-0.1, -0.05) is 32.4 Å². The Morgan fingerprint density at radius 2 is 1.80 bits per heavy atom. The van der Waals surface area contributed by atoms with Gasteiger partial charge in [-0.05, 0) is 42.5 Å². The number of rotatable bonds is 5. The molecule has 0 saturated carbocycles. The van der Waals surface area contributed by atoms with Crippen LogP contribution < -0.4 is 10.1 Å². The molecule has 138 valence electrons. The lowest BCUT2D eigenvalue weighted by atomic mass is 9.91. The average molecular weight is 367 g/mol. The van der Waals surface area contributed by atoms with E-state index in [1.54, 1.807) is 24.3 Å². The van der Waals surface area contributed by atoms with Crippen LogP contribution in [0.1, 0.15) is 40.0 Å². The monoisotopic (exact) mass is 366 g/mol. The van der Waals surface area contributed by atoms with Crippen molar-refractivity contribution in [3.8, 4) is 5.75 Å². The molecule has 0 unspecified atom stereocenters.